The highest BCUT2D eigenvalue weighted by Gasteiger charge is 2.37. The lowest BCUT2D eigenvalue weighted by atomic mass is 9.81. The molecule has 0 radical (unpaired) electrons. The van der Waals surface area contributed by atoms with Crippen LogP contribution in [0.25, 0.3) is 103 Å². The lowest BCUT2D eigenvalue weighted by Gasteiger charge is -2.22. The first-order valence-electron chi connectivity index (χ1n) is 21.9. The predicted octanol–water partition coefficient (Wildman–Crippen LogP) is 11.9. The summed E-state index contributed by atoms with van der Waals surface area (Å²) in [7, 11) is 0. The van der Waals surface area contributed by atoms with Gasteiger partial charge in [-0.1, -0.05) is 196 Å². The van der Waals surface area contributed by atoms with Crippen LogP contribution in [0.5, 0.6) is 0 Å². The first kappa shape index (κ1) is 39.4. The Balaban J connectivity index is 1.04. The van der Waals surface area contributed by atoms with E-state index in [9.17, 15) is 0 Å². The third kappa shape index (κ3) is 6.94. The summed E-state index contributed by atoms with van der Waals surface area (Å²) in [4.78, 5) is 30.5. The standard InChI is InChI=1S/C58H43N7/c1-5-49-46(43-29-18-19-32-50(43)65(49)57-63-54(40-25-14-8-15-26-40)60-55(64-57)41-27-16-9-17-28-41)35-37(2)42-33-34-44-48(36-42)58(3,4)47-31-20-30-45(51(44)47)56-61-52(38-21-10-6-11-22-38)59-53(62-56)39-23-12-7-13-24-39/h5-36H,2H2,1,3-4H3/b46-35-,49-5+. The highest BCUT2D eigenvalue weighted by molar-refractivity contribution is 5.96. The molecule has 3 aromatic heterocycles. The summed E-state index contributed by atoms with van der Waals surface area (Å²) in [6, 6.07) is 62.1. The monoisotopic (exact) mass is 837 g/mol. The highest BCUT2D eigenvalue weighted by Crippen LogP contribution is 2.52. The van der Waals surface area contributed by atoms with Crippen LogP contribution in [-0.2, 0) is 5.41 Å². The third-order valence-electron chi connectivity index (χ3n) is 12.4. The SMILES string of the molecule is C=C(/C=c1\c(=C/C)n(-c2nc(-c3ccccc3)nc(-c3ccccc3)n2)c2ccccc12)c1ccc2c(c1)C(C)(C)c1cccc(-c3nc(-c4ccccc4)nc(-c4ccccc4)n3)c1-2. The van der Waals surface area contributed by atoms with Crippen molar-refractivity contribution >= 4 is 28.6 Å². The van der Waals surface area contributed by atoms with E-state index in [0.29, 0.717) is 35.1 Å². The van der Waals surface area contributed by atoms with Gasteiger partial charge in [0.05, 0.1) is 10.9 Å². The zero-order chi connectivity index (χ0) is 44.1. The molecule has 1 aliphatic rings. The van der Waals surface area contributed by atoms with Crippen molar-refractivity contribution in [3.8, 4) is 74.0 Å². The van der Waals surface area contributed by atoms with Crippen LogP contribution in [-0.4, -0.2) is 34.5 Å². The number of hydrogen-bond donors (Lipinski definition) is 0. The van der Waals surface area contributed by atoms with Gasteiger partial charge in [-0.2, -0.15) is 9.97 Å². The lowest BCUT2D eigenvalue weighted by molar-refractivity contribution is 0.660. The maximum atomic E-state index is 5.14. The number of allylic oxidation sites excluding steroid dienone is 1. The van der Waals surface area contributed by atoms with Crippen molar-refractivity contribution in [2.75, 3.05) is 0 Å². The van der Waals surface area contributed by atoms with E-state index in [1.54, 1.807) is 0 Å². The minimum absolute atomic E-state index is 0.307. The summed E-state index contributed by atoms with van der Waals surface area (Å²) in [6.45, 7) is 11.4. The zero-order valence-corrected chi connectivity index (χ0v) is 36.3. The molecule has 7 aromatic carbocycles. The Morgan fingerprint density at radius 1 is 0.492 bits per heavy atom. The molecule has 10 aromatic rings. The van der Waals surface area contributed by atoms with Gasteiger partial charge in [-0.05, 0) is 58.5 Å². The Morgan fingerprint density at radius 3 is 1.52 bits per heavy atom. The molecule has 7 nitrogen and oxygen atoms in total. The number of rotatable bonds is 8. The van der Waals surface area contributed by atoms with Crippen molar-refractivity contribution in [1.82, 2.24) is 34.5 Å². The van der Waals surface area contributed by atoms with E-state index in [1.165, 1.54) is 11.1 Å². The van der Waals surface area contributed by atoms with Crippen molar-refractivity contribution in [3.63, 3.8) is 0 Å². The fourth-order valence-electron chi connectivity index (χ4n) is 9.19. The molecule has 0 unspecified atom stereocenters. The molecule has 3 heterocycles. The van der Waals surface area contributed by atoms with Crippen LogP contribution in [0.3, 0.4) is 0 Å². The minimum Gasteiger partial charge on any atom is -0.278 e. The molecular weight excluding hydrogens is 795 g/mol. The van der Waals surface area contributed by atoms with Gasteiger partial charge in [-0.3, -0.25) is 4.57 Å². The van der Waals surface area contributed by atoms with Gasteiger partial charge in [0.1, 0.15) is 0 Å². The number of aromatic nitrogens is 7. The number of benzene rings is 7. The van der Waals surface area contributed by atoms with Gasteiger partial charge in [-0.25, -0.2) is 19.9 Å². The Morgan fingerprint density at radius 2 is 0.985 bits per heavy atom. The van der Waals surface area contributed by atoms with Crippen LogP contribution in [0.1, 0.15) is 37.5 Å². The number of fused-ring (bicyclic) bond motifs is 4. The van der Waals surface area contributed by atoms with Crippen molar-refractivity contribution in [3.05, 3.63) is 216 Å². The molecule has 65 heavy (non-hydrogen) atoms. The van der Waals surface area contributed by atoms with Gasteiger partial charge < -0.3 is 0 Å². The average Bonchev–Trinajstić information content (AvgIpc) is 3.81. The normalized spacial score (nSPS) is 13.2. The summed E-state index contributed by atoms with van der Waals surface area (Å²) < 4.78 is 2.15. The quantitative estimate of drug-likeness (QED) is 0.152. The third-order valence-corrected chi connectivity index (χ3v) is 12.4. The van der Waals surface area contributed by atoms with E-state index in [0.717, 1.165) is 71.6 Å². The first-order valence-corrected chi connectivity index (χ1v) is 21.9. The second kappa shape index (κ2) is 16.0. The first-order chi connectivity index (χ1) is 31.9. The van der Waals surface area contributed by atoms with Crippen molar-refractivity contribution < 1.29 is 0 Å². The molecule has 0 aliphatic heterocycles. The molecule has 11 rings (SSSR count). The van der Waals surface area contributed by atoms with Gasteiger partial charge in [0.2, 0.25) is 5.95 Å². The van der Waals surface area contributed by atoms with E-state index in [1.807, 2.05) is 121 Å². The highest BCUT2D eigenvalue weighted by atomic mass is 15.2. The van der Waals surface area contributed by atoms with Crippen LogP contribution in [0.2, 0.25) is 0 Å². The van der Waals surface area contributed by atoms with E-state index >= 15 is 0 Å². The topological polar surface area (TPSA) is 82.3 Å². The summed E-state index contributed by atoms with van der Waals surface area (Å²) in [5, 5.41) is 3.09. The summed E-state index contributed by atoms with van der Waals surface area (Å²) in [5.74, 6) is 3.69. The molecule has 0 saturated carbocycles. The molecule has 1 aliphatic carbocycles. The zero-order valence-electron chi connectivity index (χ0n) is 36.3. The fourth-order valence-corrected chi connectivity index (χ4v) is 9.19. The van der Waals surface area contributed by atoms with Crippen LogP contribution in [0.15, 0.2) is 189 Å². The van der Waals surface area contributed by atoms with Gasteiger partial charge in [-0.15, -0.1) is 0 Å². The minimum atomic E-state index is -0.307. The summed E-state index contributed by atoms with van der Waals surface area (Å²) in [6.07, 6.45) is 4.33. The Hall–Kier alpha value is -8.42. The molecule has 0 saturated heterocycles. The van der Waals surface area contributed by atoms with E-state index in [-0.39, 0.29) is 5.41 Å². The molecule has 0 atom stereocenters. The Bertz CT molecular complexity index is 3460. The largest absolute Gasteiger partial charge is 0.278 e. The molecule has 0 N–H and O–H groups in total. The van der Waals surface area contributed by atoms with E-state index in [2.05, 4.69) is 98.2 Å². The molecular formula is C58H43N7. The maximum Gasteiger partial charge on any atom is 0.238 e. The number of para-hydroxylation sites is 1. The van der Waals surface area contributed by atoms with E-state index < -0.39 is 0 Å². The fraction of sp³-hybridized carbons (Fsp3) is 0.0690. The second-order valence-electron chi connectivity index (χ2n) is 16.8. The number of hydrogen-bond acceptors (Lipinski definition) is 6. The molecule has 0 spiro atoms. The Labute approximate surface area is 377 Å². The van der Waals surface area contributed by atoms with Gasteiger partial charge in [0.15, 0.2) is 29.1 Å². The van der Waals surface area contributed by atoms with Crippen molar-refractivity contribution in [1.29, 1.82) is 0 Å². The molecule has 0 amide bonds. The smallest absolute Gasteiger partial charge is 0.238 e. The maximum absolute atomic E-state index is 5.14. The molecule has 7 heteroatoms. The van der Waals surface area contributed by atoms with E-state index in [4.69, 9.17) is 36.5 Å². The molecule has 0 fully saturated rings. The second-order valence-corrected chi connectivity index (χ2v) is 16.8. The summed E-state index contributed by atoms with van der Waals surface area (Å²) >= 11 is 0. The predicted molar refractivity (Wildman–Crippen MR) is 264 cm³/mol. The molecule has 310 valence electrons. The van der Waals surface area contributed by atoms with Crippen LogP contribution < -0.4 is 10.6 Å². The summed E-state index contributed by atoms with van der Waals surface area (Å²) in [5.41, 5.74) is 12.1. The molecule has 0 bridgehead atoms. The average molecular weight is 838 g/mol. The number of nitrogens with zero attached hydrogens (tertiary/aromatic N) is 7. The van der Waals surface area contributed by atoms with Gasteiger partial charge >= 0.3 is 0 Å². The van der Waals surface area contributed by atoms with Crippen LogP contribution in [0.4, 0.5) is 0 Å². The van der Waals surface area contributed by atoms with Crippen LogP contribution >= 0.6 is 0 Å². The van der Waals surface area contributed by atoms with Crippen LogP contribution in [0, 0.1) is 0 Å². The van der Waals surface area contributed by atoms with Gasteiger partial charge in [0, 0.05) is 43.8 Å². The van der Waals surface area contributed by atoms with Crippen molar-refractivity contribution in [2.45, 2.75) is 26.2 Å². The lowest BCUT2D eigenvalue weighted by Crippen LogP contribution is -2.29. The Kier molecular flexibility index (Phi) is 9.73. The van der Waals surface area contributed by atoms with Gasteiger partial charge in [0.25, 0.3) is 0 Å². The van der Waals surface area contributed by atoms with Crippen molar-refractivity contribution in [2.24, 2.45) is 0 Å².